The number of ketones is 1. The zero-order chi connectivity index (χ0) is 35.9. The minimum Gasteiger partial charge on any atom is -0.480 e. The van der Waals surface area contributed by atoms with E-state index in [2.05, 4.69) is 35.9 Å². The van der Waals surface area contributed by atoms with Crippen molar-refractivity contribution in [1.29, 1.82) is 0 Å². The molecule has 3 aliphatic heterocycles. The van der Waals surface area contributed by atoms with Crippen LogP contribution < -0.4 is 27.2 Å². The summed E-state index contributed by atoms with van der Waals surface area (Å²) < 4.78 is 0. The van der Waals surface area contributed by atoms with Crippen LogP contribution in [0.2, 0.25) is 0 Å². The van der Waals surface area contributed by atoms with Crippen LogP contribution in [-0.2, 0) is 30.5 Å². The van der Waals surface area contributed by atoms with Gasteiger partial charge in [0, 0.05) is 29.8 Å². The first kappa shape index (κ1) is 34.2. The SMILES string of the molecule is CC1C(=O)N2C(C(=O)O)CS[C@@]23NC(CCC(=O)CCC(NC(=O)c2ccc(NCc4cnc5nc(N)[nH]c(=O)c5n4)cc2)C(=O)O)C(=O)N13. The molecule has 19 nitrogen and oxygen atoms in total. The number of thioether (sulfide) groups is 1. The number of carboxylic acids is 2. The van der Waals surface area contributed by atoms with Crippen molar-refractivity contribution in [2.75, 3.05) is 16.8 Å². The Labute approximate surface area is 286 Å². The van der Waals surface area contributed by atoms with Crippen LogP contribution in [0.25, 0.3) is 11.2 Å². The molecule has 0 bridgehead atoms. The Bertz CT molecular complexity index is 1970. The van der Waals surface area contributed by atoms with E-state index in [4.69, 9.17) is 5.73 Å². The van der Waals surface area contributed by atoms with Gasteiger partial charge in [-0.25, -0.2) is 19.6 Å². The van der Waals surface area contributed by atoms with Crippen LogP contribution in [0, 0.1) is 0 Å². The van der Waals surface area contributed by atoms with Crippen LogP contribution in [0.4, 0.5) is 11.6 Å². The van der Waals surface area contributed by atoms with E-state index in [1.807, 2.05) is 0 Å². The highest BCUT2D eigenvalue weighted by Gasteiger charge is 2.69. The second-order valence-corrected chi connectivity index (χ2v) is 13.1. The van der Waals surface area contributed by atoms with E-state index >= 15 is 0 Å². The summed E-state index contributed by atoms with van der Waals surface area (Å²) in [5.74, 6) is -4.35. The number of nitrogens with zero attached hydrogens (tertiary/aromatic N) is 5. The van der Waals surface area contributed by atoms with Crippen LogP contribution in [0.3, 0.4) is 0 Å². The minimum atomic E-state index is -1.36. The molecule has 2 aromatic heterocycles. The third kappa shape index (κ3) is 6.29. The molecular weight excluding hydrogens is 676 g/mol. The number of H-pyrrole nitrogens is 1. The summed E-state index contributed by atoms with van der Waals surface area (Å²) in [6, 6.07) is 2.01. The molecule has 1 spiro atoms. The first-order chi connectivity index (χ1) is 23.8. The number of rotatable bonds is 13. The summed E-state index contributed by atoms with van der Waals surface area (Å²) in [5, 5.41) is 26.6. The number of hydrogen-bond acceptors (Lipinski definition) is 14. The van der Waals surface area contributed by atoms with Crippen molar-refractivity contribution in [3.63, 3.8) is 0 Å². The number of nitrogen functional groups attached to an aromatic ring is 1. The summed E-state index contributed by atoms with van der Waals surface area (Å²) in [6.45, 7) is 1.73. The van der Waals surface area contributed by atoms with Gasteiger partial charge in [-0.05, 0) is 44.0 Å². The lowest BCUT2D eigenvalue weighted by molar-refractivity contribution is -0.149. The molecule has 50 heavy (non-hydrogen) atoms. The molecule has 6 rings (SSSR count). The number of aromatic amines is 1. The number of benzene rings is 1. The zero-order valence-electron chi connectivity index (χ0n) is 26.4. The average Bonchev–Trinajstić information content (AvgIpc) is 3.66. The maximum absolute atomic E-state index is 13.2. The zero-order valence-corrected chi connectivity index (χ0v) is 27.2. The van der Waals surface area contributed by atoms with Crippen LogP contribution in [-0.4, -0.2) is 110 Å². The number of amides is 3. The lowest BCUT2D eigenvalue weighted by atomic mass is 10.0. The molecule has 0 radical (unpaired) electrons. The number of nitrogens with two attached hydrogens (primary N) is 1. The van der Waals surface area contributed by atoms with Gasteiger partial charge in [0.05, 0.1) is 24.5 Å². The van der Waals surface area contributed by atoms with Gasteiger partial charge >= 0.3 is 11.9 Å². The van der Waals surface area contributed by atoms with Gasteiger partial charge < -0.3 is 26.6 Å². The molecule has 3 amide bonds. The van der Waals surface area contributed by atoms with Crippen LogP contribution in [0.5, 0.6) is 0 Å². The lowest BCUT2D eigenvalue weighted by Crippen LogP contribution is -2.57. The standard InChI is InChI=1S/C30H32N10O9S/c1-13-25(44)40-20(28(48)49)12-50-30(40)38-18(26(45)39(13)30)8-6-17(41)7-9-19(27(46)47)35-23(42)14-2-4-15(5-3-14)32-10-16-11-33-22-21(34-16)24(43)37-29(31)36-22/h2-5,11,13,18-20,32,38H,6-10,12H2,1H3,(H,35,42)(H,46,47)(H,48,49)(H3,31,33,36,37,43)/t13?,18?,19?,20?,30-/m1/s1. The summed E-state index contributed by atoms with van der Waals surface area (Å²) in [6.07, 6.45) is 1.06. The van der Waals surface area contributed by atoms with Gasteiger partial charge in [-0.3, -0.25) is 44.1 Å². The van der Waals surface area contributed by atoms with Gasteiger partial charge in [0.2, 0.25) is 22.9 Å². The molecule has 3 aromatic rings. The number of Topliss-reactive ketones (excluding diaryl/α,β-unsaturated/α-hetero) is 1. The largest absolute Gasteiger partial charge is 0.480 e. The van der Waals surface area contributed by atoms with E-state index in [-0.39, 0.29) is 66.4 Å². The first-order valence-corrected chi connectivity index (χ1v) is 16.5. The number of carbonyl (C=O) groups is 6. The van der Waals surface area contributed by atoms with E-state index in [0.717, 1.165) is 11.8 Å². The highest BCUT2D eigenvalue weighted by Crippen LogP contribution is 2.50. The molecule has 0 saturated carbocycles. The van der Waals surface area contributed by atoms with Crippen molar-refractivity contribution >= 4 is 70.0 Å². The van der Waals surface area contributed by atoms with Gasteiger partial charge in [-0.15, -0.1) is 0 Å². The van der Waals surface area contributed by atoms with Gasteiger partial charge in [0.1, 0.15) is 23.9 Å². The Morgan fingerprint density at radius 2 is 1.82 bits per heavy atom. The smallest absolute Gasteiger partial charge is 0.327 e. The van der Waals surface area contributed by atoms with Crippen LogP contribution in [0.15, 0.2) is 35.3 Å². The predicted molar refractivity (Wildman–Crippen MR) is 175 cm³/mol. The van der Waals surface area contributed by atoms with Crippen molar-refractivity contribution in [2.24, 2.45) is 0 Å². The van der Waals surface area contributed by atoms with Crippen molar-refractivity contribution < 1.29 is 39.0 Å². The number of aliphatic carboxylic acids is 2. The fraction of sp³-hybridized carbons (Fsp3) is 0.400. The molecule has 262 valence electrons. The second kappa shape index (κ2) is 13.3. The molecule has 8 N–H and O–H groups in total. The van der Waals surface area contributed by atoms with Crippen molar-refractivity contribution in [1.82, 2.24) is 40.4 Å². The van der Waals surface area contributed by atoms with E-state index in [1.165, 1.54) is 35.1 Å². The normalized spacial score (nSPS) is 23.1. The Balaban J connectivity index is 0.984. The Morgan fingerprint density at radius 1 is 1.08 bits per heavy atom. The number of aromatic nitrogens is 4. The number of anilines is 2. The summed E-state index contributed by atoms with van der Waals surface area (Å²) in [5.41, 5.74) is 6.37. The second-order valence-electron chi connectivity index (χ2n) is 12.0. The van der Waals surface area contributed by atoms with Crippen molar-refractivity contribution in [3.8, 4) is 0 Å². The maximum Gasteiger partial charge on any atom is 0.327 e. The number of carbonyl (C=O) groups excluding carboxylic acids is 4. The summed E-state index contributed by atoms with van der Waals surface area (Å²) in [7, 11) is 0. The number of fused-ring (bicyclic) bond motifs is 1. The molecule has 0 aliphatic carbocycles. The van der Waals surface area contributed by atoms with Gasteiger partial charge in [0.15, 0.2) is 11.2 Å². The Kier molecular flexibility index (Phi) is 9.14. The third-order valence-corrected chi connectivity index (χ3v) is 10.1. The predicted octanol–water partition coefficient (Wildman–Crippen LogP) is -0.938. The summed E-state index contributed by atoms with van der Waals surface area (Å²) in [4.78, 5) is 105. The molecule has 3 saturated heterocycles. The summed E-state index contributed by atoms with van der Waals surface area (Å²) >= 11 is 1.14. The van der Waals surface area contributed by atoms with Crippen molar-refractivity contribution in [2.45, 2.75) is 68.4 Å². The quantitative estimate of drug-likeness (QED) is 0.113. The third-order valence-electron chi connectivity index (χ3n) is 8.71. The van der Waals surface area contributed by atoms with Gasteiger partial charge in [-0.1, -0.05) is 11.8 Å². The Hall–Kier alpha value is -5.63. The molecule has 4 unspecified atom stereocenters. The van der Waals surface area contributed by atoms with E-state index in [0.29, 0.717) is 11.4 Å². The molecule has 1 aromatic carbocycles. The highest BCUT2D eigenvalue weighted by atomic mass is 32.2. The van der Waals surface area contributed by atoms with E-state index in [1.54, 1.807) is 12.1 Å². The molecule has 3 aliphatic rings. The van der Waals surface area contributed by atoms with Crippen molar-refractivity contribution in [3.05, 3.63) is 52.1 Å². The van der Waals surface area contributed by atoms with Gasteiger partial charge in [0.25, 0.3) is 11.5 Å². The number of carboxylic acid groups (broad SMARTS) is 2. The molecule has 20 heteroatoms. The number of hydrogen-bond donors (Lipinski definition) is 7. The van der Waals surface area contributed by atoms with Crippen LogP contribution >= 0.6 is 11.8 Å². The minimum absolute atomic E-state index is 0.0337. The van der Waals surface area contributed by atoms with E-state index in [9.17, 15) is 43.8 Å². The Morgan fingerprint density at radius 3 is 2.52 bits per heavy atom. The number of nitrogens with one attached hydrogen (secondary N) is 4. The highest BCUT2D eigenvalue weighted by molar-refractivity contribution is 8.00. The lowest BCUT2D eigenvalue weighted by Gasteiger charge is -2.33. The van der Waals surface area contributed by atoms with Gasteiger partial charge in [-0.2, -0.15) is 4.98 Å². The van der Waals surface area contributed by atoms with Crippen LogP contribution in [0.1, 0.15) is 48.7 Å². The average molecular weight is 709 g/mol. The first-order valence-electron chi connectivity index (χ1n) is 15.5. The topological polar surface area (TPSA) is 283 Å². The molecule has 3 fully saturated rings. The molecule has 5 heterocycles. The fourth-order valence-electron chi connectivity index (χ4n) is 6.19. The molecular formula is C30H32N10O9S. The fourth-order valence-corrected chi connectivity index (χ4v) is 7.84. The maximum atomic E-state index is 13.2. The molecule has 5 atom stereocenters. The van der Waals surface area contributed by atoms with E-state index < -0.39 is 64.5 Å². The monoisotopic (exact) mass is 708 g/mol.